The largest absolute Gasteiger partial charge is 0.423 e. The van der Waals surface area contributed by atoms with Crippen molar-refractivity contribution < 1.29 is 19.1 Å². The monoisotopic (exact) mass is 306 g/mol. The minimum absolute atomic E-state index is 0.216. The minimum atomic E-state index is -0.319. The number of hydrogen-bond donors (Lipinski definition) is 0. The van der Waals surface area contributed by atoms with Gasteiger partial charge in [-0.2, -0.15) is 0 Å². The second-order valence-electron chi connectivity index (χ2n) is 6.28. The molecule has 0 saturated heterocycles. The first-order valence-corrected chi connectivity index (χ1v) is 7.86. The Morgan fingerprint density at radius 1 is 0.909 bits per heavy atom. The number of carbonyl (C=O) groups is 2. The molecule has 0 aromatic heterocycles. The van der Waals surface area contributed by atoms with E-state index in [0.717, 1.165) is 12.0 Å². The minimum Gasteiger partial charge on any atom is -0.423 e. The van der Waals surface area contributed by atoms with Crippen LogP contribution in [0.4, 0.5) is 0 Å². The molecule has 0 unspecified atom stereocenters. The average molecular weight is 306 g/mol. The van der Waals surface area contributed by atoms with Crippen molar-refractivity contribution in [2.45, 2.75) is 53.9 Å². The van der Waals surface area contributed by atoms with Crippen LogP contribution in [-0.4, -0.2) is 11.9 Å². The Morgan fingerprint density at radius 3 is 1.86 bits per heavy atom. The highest BCUT2D eigenvalue weighted by Crippen LogP contribution is 2.30. The second-order valence-corrected chi connectivity index (χ2v) is 6.28. The van der Waals surface area contributed by atoms with Crippen molar-refractivity contribution in [1.82, 2.24) is 0 Å². The van der Waals surface area contributed by atoms with Crippen molar-refractivity contribution in [3.05, 3.63) is 23.8 Å². The van der Waals surface area contributed by atoms with Crippen molar-refractivity contribution in [2.75, 3.05) is 0 Å². The maximum Gasteiger partial charge on any atom is 0.311 e. The summed E-state index contributed by atoms with van der Waals surface area (Å²) >= 11 is 0. The van der Waals surface area contributed by atoms with Gasteiger partial charge in [-0.05, 0) is 36.0 Å². The van der Waals surface area contributed by atoms with Gasteiger partial charge in [0.15, 0.2) is 11.5 Å². The average Bonchev–Trinajstić information content (AvgIpc) is 2.38. The second kappa shape index (κ2) is 8.57. The van der Waals surface area contributed by atoms with Gasteiger partial charge < -0.3 is 9.47 Å². The molecule has 0 radical (unpaired) electrons. The molecule has 4 heteroatoms. The molecule has 0 aliphatic rings. The molecule has 0 aliphatic heterocycles. The molecule has 22 heavy (non-hydrogen) atoms. The zero-order valence-corrected chi connectivity index (χ0v) is 14.1. The number of aryl methyl sites for hydroxylation is 1. The van der Waals surface area contributed by atoms with E-state index in [2.05, 4.69) is 0 Å². The lowest BCUT2D eigenvalue weighted by molar-refractivity contribution is -0.138. The van der Waals surface area contributed by atoms with Crippen molar-refractivity contribution >= 4 is 11.9 Å². The van der Waals surface area contributed by atoms with Gasteiger partial charge in [0, 0.05) is 12.8 Å². The Labute approximate surface area is 132 Å². The normalized spacial score (nSPS) is 10.9. The fraction of sp³-hybridized carbons (Fsp3) is 0.556. The van der Waals surface area contributed by atoms with Gasteiger partial charge in [-0.15, -0.1) is 0 Å². The van der Waals surface area contributed by atoms with Crippen molar-refractivity contribution in [3.8, 4) is 11.5 Å². The van der Waals surface area contributed by atoms with Crippen LogP contribution in [0.25, 0.3) is 0 Å². The predicted molar refractivity (Wildman–Crippen MR) is 86.0 cm³/mol. The van der Waals surface area contributed by atoms with Gasteiger partial charge in [0.05, 0.1) is 0 Å². The van der Waals surface area contributed by atoms with Gasteiger partial charge in [0.25, 0.3) is 0 Å². The third-order valence-corrected chi connectivity index (χ3v) is 3.01. The lowest BCUT2D eigenvalue weighted by Crippen LogP contribution is -2.14. The van der Waals surface area contributed by atoms with Crippen LogP contribution < -0.4 is 9.47 Å². The fourth-order valence-corrected chi connectivity index (χ4v) is 1.93. The van der Waals surface area contributed by atoms with Crippen LogP contribution >= 0.6 is 0 Å². The standard InChI is InChI=1S/C18H26O4/c1-6-14-7-8-15(21-17(19)9-12(2)3)16(11-14)22-18(20)10-13(4)5/h7-8,11-13H,6,9-10H2,1-5H3. The Kier molecular flexibility index (Phi) is 7.09. The van der Waals surface area contributed by atoms with Gasteiger partial charge in [0.1, 0.15) is 0 Å². The molecule has 0 amide bonds. The first-order chi connectivity index (χ1) is 10.3. The van der Waals surface area contributed by atoms with E-state index in [1.54, 1.807) is 12.1 Å². The number of benzene rings is 1. The number of ether oxygens (including phenoxy) is 2. The van der Waals surface area contributed by atoms with Gasteiger partial charge in [-0.1, -0.05) is 40.7 Å². The molecule has 1 rings (SSSR count). The molecular weight excluding hydrogens is 280 g/mol. The van der Waals surface area contributed by atoms with Gasteiger partial charge in [-0.3, -0.25) is 9.59 Å². The highest BCUT2D eigenvalue weighted by molar-refractivity contribution is 5.76. The summed E-state index contributed by atoms with van der Waals surface area (Å²) in [6.07, 6.45) is 1.47. The summed E-state index contributed by atoms with van der Waals surface area (Å²) in [5.74, 6) is 0.426. The highest BCUT2D eigenvalue weighted by atomic mass is 16.6. The molecule has 0 N–H and O–H groups in total. The SMILES string of the molecule is CCc1ccc(OC(=O)CC(C)C)c(OC(=O)CC(C)C)c1. The van der Waals surface area contributed by atoms with Gasteiger partial charge in [-0.25, -0.2) is 0 Å². The summed E-state index contributed by atoms with van der Waals surface area (Å²) in [7, 11) is 0. The molecule has 1 aromatic carbocycles. The van der Waals surface area contributed by atoms with Crippen LogP contribution in [0.5, 0.6) is 11.5 Å². The van der Waals surface area contributed by atoms with Crippen LogP contribution in [0.1, 0.15) is 53.0 Å². The van der Waals surface area contributed by atoms with E-state index in [-0.39, 0.29) is 23.8 Å². The van der Waals surface area contributed by atoms with Crippen molar-refractivity contribution in [3.63, 3.8) is 0 Å². The van der Waals surface area contributed by atoms with E-state index in [9.17, 15) is 9.59 Å². The molecule has 122 valence electrons. The maximum absolute atomic E-state index is 11.9. The van der Waals surface area contributed by atoms with E-state index in [0.29, 0.717) is 24.3 Å². The van der Waals surface area contributed by atoms with Crippen molar-refractivity contribution in [1.29, 1.82) is 0 Å². The smallest absolute Gasteiger partial charge is 0.311 e. The van der Waals surface area contributed by atoms with Crippen LogP contribution in [0.15, 0.2) is 18.2 Å². The number of hydrogen-bond acceptors (Lipinski definition) is 4. The first-order valence-electron chi connectivity index (χ1n) is 7.86. The third kappa shape index (κ3) is 6.29. The highest BCUT2D eigenvalue weighted by Gasteiger charge is 2.16. The number of carbonyl (C=O) groups excluding carboxylic acids is 2. The van der Waals surface area contributed by atoms with Crippen molar-refractivity contribution in [2.24, 2.45) is 11.8 Å². The van der Waals surface area contributed by atoms with Crippen LogP contribution in [0, 0.1) is 11.8 Å². The molecular formula is C18H26O4. The summed E-state index contributed by atoms with van der Waals surface area (Å²) < 4.78 is 10.7. The molecule has 0 spiro atoms. The summed E-state index contributed by atoms with van der Waals surface area (Å²) in [5.41, 5.74) is 1.02. The summed E-state index contributed by atoms with van der Waals surface area (Å²) in [5, 5.41) is 0. The lowest BCUT2D eigenvalue weighted by atomic mass is 10.1. The molecule has 1 aromatic rings. The predicted octanol–water partition coefficient (Wildman–Crippen LogP) is 4.15. The van der Waals surface area contributed by atoms with E-state index in [4.69, 9.17) is 9.47 Å². The molecule has 0 heterocycles. The third-order valence-electron chi connectivity index (χ3n) is 3.01. The van der Waals surface area contributed by atoms with Gasteiger partial charge in [0.2, 0.25) is 0 Å². The first kappa shape index (κ1) is 18.2. The number of rotatable bonds is 7. The summed E-state index contributed by atoms with van der Waals surface area (Å²) in [6, 6.07) is 5.32. The molecule has 0 saturated carbocycles. The molecule has 0 bridgehead atoms. The van der Waals surface area contributed by atoms with E-state index in [1.165, 1.54) is 0 Å². The van der Waals surface area contributed by atoms with E-state index in [1.807, 2.05) is 40.7 Å². The fourth-order valence-electron chi connectivity index (χ4n) is 1.93. The molecule has 0 atom stereocenters. The molecule has 4 nitrogen and oxygen atoms in total. The van der Waals surface area contributed by atoms with Crippen LogP contribution in [-0.2, 0) is 16.0 Å². The molecule has 0 aliphatic carbocycles. The lowest BCUT2D eigenvalue weighted by Gasteiger charge is -2.13. The quantitative estimate of drug-likeness (QED) is 0.561. The van der Waals surface area contributed by atoms with Crippen LogP contribution in [0.3, 0.4) is 0 Å². The Morgan fingerprint density at radius 2 is 1.41 bits per heavy atom. The topological polar surface area (TPSA) is 52.6 Å². The maximum atomic E-state index is 11.9. The zero-order chi connectivity index (χ0) is 16.7. The van der Waals surface area contributed by atoms with Crippen LogP contribution in [0.2, 0.25) is 0 Å². The number of esters is 2. The van der Waals surface area contributed by atoms with E-state index < -0.39 is 0 Å². The Balaban J connectivity index is 2.91. The Bertz CT molecular complexity index is 518. The molecule has 0 fully saturated rings. The van der Waals surface area contributed by atoms with E-state index >= 15 is 0 Å². The van der Waals surface area contributed by atoms with Gasteiger partial charge >= 0.3 is 11.9 Å². The summed E-state index contributed by atoms with van der Waals surface area (Å²) in [4.78, 5) is 23.7. The zero-order valence-electron chi connectivity index (χ0n) is 14.1. The summed E-state index contributed by atoms with van der Waals surface area (Å²) in [6.45, 7) is 9.82. The Hall–Kier alpha value is -1.84.